The number of unbranched alkanes of at least 4 members (excludes halogenated alkanes) is 3. The second kappa shape index (κ2) is 9.24. The number of aromatic amines is 1. The van der Waals surface area contributed by atoms with E-state index >= 15 is 0 Å². The van der Waals surface area contributed by atoms with Gasteiger partial charge in [-0.05, 0) is 61.6 Å². The summed E-state index contributed by atoms with van der Waals surface area (Å²) in [6.45, 7) is 5.82. The number of nitrogens with zero attached hydrogens (tertiary/aromatic N) is 1. The fraction of sp³-hybridized carbons (Fsp3) is 0.765. The van der Waals surface area contributed by atoms with Crippen LogP contribution in [0, 0.1) is 21.2 Å². The Morgan fingerprint density at radius 3 is 2.64 bits per heavy atom. The van der Waals surface area contributed by atoms with Crippen molar-refractivity contribution in [2.75, 3.05) is 5.75 Å². The van der Waals surface area contributed by atoms with E-state index in [0.717, 1.165) is 28.4 Å². The van der Waals surface area contributed by atoms with Gasteiger partial charge in [-0.2, -0.15) is 11.8 Å². The van der Waals surface area contributed by atoms with Crippen LogP contribution in [0.25, 0.3) is 0 Å². The average molecular weight is 357 g/mol. The maximum atomic E-state index is 5.28. The normalized spacial score (nSPS) is 24.7. The van der Waals surface area contributed by atoms with Gasteiger partial charge in [0.2, 0.25) is 0 Å². The van der Waals surface area contributed by atoms with Gasteiger partial charge in [-0.15, -0.1) is 0 Å². The first-order valence-electron chi connectivity index (χ1n) is 8.47. The lowest BCUT2D eigenvalue weighted by Gasteiger charge is -2.14. The Balaban J connectivity index is 1.54. The molecule has 1 saturated carbocycles. The van der Waals surface area contributed by atoms with E-state index in [9.17, 15) is 0 Å². The molecule has 3 unspecified atom stereocenters. The topological polar surface area (TPSA) is 20.7 Å². The molecule has 2 rings (SSSR count). The van der Waals surface area contributed by atoms with Crippen molar-refractivity contribution in [1.82, 2.24) is 9.55 Å². The van der Waals surface area contributed by atoms with E-state index in [1.807, 2.05) is 12.3 Å². The number of H-pyrrole nitrogens is 1. The van der Waals surface area contributed by atoms with Crippen molar-refractivity contribution < 1.29 is 0 Å². The third-order valence-corrected chi connectivity index (χ3v) is 6.75. The van der Waals surface area contributed by atoms with E-state index in [2.05, 4.69) is 35.2 Å². The van der Waals surface area contributed by atoms with Gasteiger partial charge in [0.05, 0.1) is 0 Å². The standard InChI is InChI=1S/C17H28N2S3/c1-13-11-14(2)15(12-13)22-10-6-4-3-5-8-19-9-7-16(20)18-17(19)21/h7,9,13-15H,3-6,8,10-12H2,1-2H3,(H,18,20,21). The second-order valence-corrected chi connectivity index (χ2v) is 8.85. The Morgan fingerprint density at radius 1 is 1.18 bits per heavy atom. The molecule has 0 saturated heterocycles. The first-order chi connectivity index (χ1) is 10.6. The molecule has 3 atom stereocenters. The summed E-state index contributed by atoms with van der Waals surface area (Å²) < 4.78 is 3.54. The molecule has 22 heavy (non-hydrogen) atoms. The third-order valence-electron chi connectivity index (χ3n) is 4.57. The summed E-state index contributed by atoms with van der Waals surface area (Å²) in [5.41, 5.74) is 0. The summed E-state index contributed by atoms with van der Waals surface area (Å²) >= 11 is 12.6. The monoisotopic (exact) mass is 356 g/mol. The van der Waals surface area contributed by atoms with E-state index in [0.29, 0.717) is 4.64 Å². The highest BCUT2D eigenvalue weighted by molar-refractivity contribution is 7.99. The van der Waals surface area contributed by atoms with Crippen molar-refractivity contribution in [3.05, 3.63) is 21.7 Å². The average Bonchev–Trinajstić information content (AvgIpc) is 2.78. The molecule has 1 N–H and O–H groups in total. The van der Waals surface area contributed by atoms with Gasteiger partial charge in [0.15, 0.2) is 4.77 Å². The minimum atomic E-state index is 0.716. The molecule has 0 bridgehead atoms. The third kappa shape index (κ3) is 5.82. The number of hydrogen-bond acceptors (Lipinski definition) is 3. The molecule has 0 radical (unpaired) electrons. The zero-order valence-electron chi connectivity index (χ0n) is 13.7. The summed E-state index contributed by atoms with van der Waals surface area (Å²) in [6, 6.07) is 1.91. The number of rotatable bonds is 8. The lowest BCUT2D eigenvalue weighted by Crippen LogP contribution is -2.06. The van der Waals surface area contributed by atoms with Crippen LogP contribution in [-0.2, 0) is 6.54 Å². The van der Waals surface area contributed by atoms with Gasteiger partial charge in [0, 0.05) is 18.0 Å². The minimum Gasteiger partial charge on any atom is -0.325 e. The molecule has 1 aliphatic carbocycles. The fourth-order valence-corrected chi connectivity index (χ4v) is 5.40. The van der Waals surface area contributed by atoms with E-state index in [4.69, 9.17) is 24.4 Å². The zero-order valence-corrected chi connectivity index (χ0v) is 16.2. The maximum absolute atomic E-state index is 5.28. The number of aryl methyl sites for hydroxylation is 1. The van der Waals surface area contributed by atoms with Crippen molar-refractivity contribution in [3.63, 3.8) is 0 Å². The molecule has 2 nitrogen and oxygen atoms in total. The lowest BCUT2D eigenvalue weighted by molar-refractivity contribution is 0.557. The molecular formula is C17H28N2S3. The predicted molar refractivity (Wildman–Crippen MR) is 103 cm³/mol. The molecule has 1 heterocycles. The molecule has 124 valence electrons. The van der Waals surface area contributed by atoms with Gasteiger partial charge >= 0.3 is 0 Å². The van der Waals surface area contributed by atoms with Crippen LogP contribution in [0.3, 0.4) is 0 Å². The summed E-state index contributed by atoms with van der Waals surface area (Å²) in [6.07, 6.45) is 10.0. The van der Waals surface area contributed by atoms with Crippen molar-refractivity contribution >= 4 is 36.2 Å². The van der Waals surface area contributed by atoms with Gasteiger partial charge in [-0.25, -0.2) is 0 Å². The molecule has 1 aliphatic rings. The first kappa shape index (κ1) is 18.2. The Hall–Kier alpha value is -0.130. The Kier molecular flexibility index (Phi) is 7.65. The molecule has 0 aliphatic heterocycles. The van der Waals surface area contributed by atoms with Crippen molar-refractivity contribution in [2.24, 2.45) is 11.8 Å². The lowest BCUT2D eigenvalue weighted by atomic mass is 10.1. The molecule has 1 aromatic rings. The molecular weight excluding hydrogens is 328 g/mol. The highest BCUT2D eigenvalue weighted by Gasteiger charge is 2.28. The van der Waals surface area contributed by atoms with Crippen molar-refractivity contribution in [3.8, 4) is 0 Å². The van der Waals surface area contributed by atoms with Crippen LogP contribution in [0.2, 0.25) is 0 Å². The molecule has 0 aromatic carbocycles. The molecule has 1 fully saturated rings. The van der Waals surface area contributed by atoms with Gasteiger partial charge in [0.1, 0.15) is 4.64 Å². The van der Waals surface area contributed by atoms with Crippen LogP contribution in [-0.4, -0.2) is 20.6 Å². The van der Waals surface area contributed by atoms with Crippen LogP contribution < -0.4 is 0 Å². The van der Waals surface area contributed by atoms with Gasteiger partial charge in [-0.1, -0.05) is 38.9 Å². The summed E-state index contributed by atoms with van der Waals surface area (Å²) in [4.78, 5) is 3.03. The van der Waals surface area contributed by atoms with E-state index in [1.54, 1.807) is 0 Å². The van der Waals surface area contributed by atoms with E-state index < -0.39 is 0 Å². The quantitative estimate of drug-likeness (QED) is 0.455. The summed E-state index contributed by atoms with van der Waals surface area (Å²) in [5.74, 6) is 3.19. The highest BCUT2D eigenvalue weighted by Crippen LogP contribution is 2.38. The van der Waals surface area contributed by atoms with Gasteiger partial charge in [0.25, 0.3) is 0 Å². The number of aromatic nitrogens is 2. The Labute approximate surface area is 149 Å². The molecule has 1 aromatic heterocycles. The van der Waals surface area contributed by atoms with Crippen molar-refractivity contribution in [1.29, 1.82) is 0 Å². The highest BCUT2D eigenvalue weighted by atomic mass is 32.2. The van der Waals surface area contributed by atoms with E-state index in [-0.39, 0.29) is 0 Å². The summed E-state index contributed by atoms with van der Waals surface area (Å²) in [5, 5.41) is 0.917. The summed E-state index contributed by atoms with van der Waals surface area (Å²) in [7, 11) is 0. The molecule has 0 spiro atoms. The number of nitrogens with one attached hydrogen (secondary N) is 1. The van der Waals surface area contributed by atoms with Gasteiger partial charge in [-0.3, -0.25) is 0 Å². The smallest absolute Gasteiger partial charge is 0.178 e. The van der Waals surface area contributed by atoms with Crippen LogP contribution in [0.5, 0.6) is 0 Å². The number of thioether (sulfide) groups is 1. The second-order valence-electron chi connectivity index (χ2n) is 6.68. The molecule has 0 amide bonds. The van der Waals surface area contributed by atoms with Crippen LogP contribution in [0.15, 0.2) is 12.3 Å². The van der Waals surface area contributed by atoms with Crippen LogP contribution in [0.4, 0.5) is 0 Å². The fourth-order valence-electron chi connectivity index (χ4n) is 3.34. The Bertz CT molecular complexity index is 564. The SMILES string of the molecule is CC1CC(C)C(SCCCCCCn2ccc(=S)[nH]c2=S)C1. The Morgan fingerprint density at radius 2 is 1.95 bits per heavy atom. The largest absolute Gasteiger partial charge is 0.325 e. The van der Waals surface area contributed by atoms with Gasteiger partial charge < -0.3 is 9.55 Å². The van der Waals surface area contributed by atoms with Crippen molar-refractivity contribution in [2.45, 2.75) is 64.2 Å². The van der Waals surface area contributed by atoms with Crippen LogP contribution in [0.1, 0.15) is 52.4 Å². The number of hydrogen-bond donors (Lipinski definition) is 1. The molecule has 5 heteroatoms. The van der Waals surface area contributed by atoms with Crippen LogP contribution >= 0.6 is 36.2 Å². The zero-order chi connectivity index (χ0) is 15.9. The predicted octanol–water partition coefficient (Wildman–Crippen LogP) is 6.00. The minimum absolute atomic E-state index is 0.716. The van der Waals surface area contributed by atoms with E-state index in [1.165, 1.54) is 44.3 Å². The maximum Gasteiger partial charge on any atom is 0.178 e. The first-order valence-corrected chi connectivity index (χ1v) is 10.3.